The van der Waals surface area contributed by atoms with Crippen molar-refractivity contribution in [3.05, 3.63) is 48.4 Å². The second-order valence-electron chi connectivity index (χ2n) is 6.59. The summed E-state index contributed by atoms with van der Waals surface area (Å²) < 4.78 is 0. The van der Waals surface area contributed by atoms with E-state index in [1.54, 1.807) is 0 Å². The van der Waals surface area contributed by atoms with Crippen molar-refractivity contribution >= 4 is 28.2 Å². The Morgan fingerprint density at radius 1 is 1.04 bits per heavy atom. The maximum absolute atomic E-state index is 4.65. The molecule has 6 heteroatoms. The normalized spacial score (nSPS) is 15.4. The van der Waals surface area contributed by atoms with Gasteiger partial charge in [-0.3, -0.25) is 4.98 Å². The van der Waals surface area contributed by atoms with Gasteiger partial charge >= 0.3 is 0 Å². The first-order valence-corrected chi connectivity index (χ1v) is 9.16. The van der Waals surface area contributed by atoms with Gasteiger partial charge in [-0.2, -0.15) is 0 Å². The van der Waals surface area contributed by atoms with Gasteiger partial charge in [0.25, 0.3) is 0 Å². The molecule has 0 radical (unpaired) electrons. The maximum atomic E-state index is 4.65. The van der Waals surface area contributed by atoms with Crippen LogP contribution in [0.5, 0.6) is 0 Å². The van der Waals surface area contributed by atoms with Gasteiger partial charge in [0.15, 0.2) is 0 Å². The predicted octanol–water partition coefficient (Wildman–Crippen LogP) is 3.22. The highest BCUT2D eigenvalue weighted by Crippen LogP contribution is 2.25. The van der Waals surface area contributed by atoms with E-state index in [1.165, 1.54) is 0 Å². The summed E-state index contributed by atoms with van der Waals surface area (Å²) in [5, 5.41) is 4.55. The van der Waals surface area contributed by atoms with Crippen LogP contribution in [0.15, 0.2) is 42.6 Å². The Balaban J connectivity index is 1.60. The molecule has 1 aliphatic heterocycles. The molecule has 0 unspecified atom stereocenters. The molecule has 0 atom stereocenters. The zero-order chi connectivity index (χ0) is 17.9. The summed E-state index contributed by atoms with van der Waals surface area (Å²) >= 11 is 0. The molecular weight excluding hydrogens is 324 g/mol. The Kier molecular flexibility index (Phi) is 4.67. The molecule has 0 spiro atoms. The number of hydrogen-bond donors (Lipinski definition) is 1. The monoisotopic (exact) mass is 348 g/mol. The number of rotatable bonds is 4. The molecule has 134 valence electrons. The molecule has 26 heavy (non-hydrogen) atoms. The van der Waals surface area contributed by atoms with Gasteiger partial charge in [0.2, 0.25) is 0 Å². The molecular formula is C20H24N6. The minimum absolute atomic E-state index is 0.774. The zero-order valence-electron chi connectivity index (χ0n) is 15.3. The predicted molar refractivity (Wildman–Crippen MR) is 106 cm³/mol. The van der Waals surface area contributed by atoms with Gasteiger partial charge in [-0.1, -0.05) is 25.1 Å². The summed E-state index contributed by atoms with van der Waals surface area (Å²) in [6.45, 7) is 9.42. The number of likely N-dealkylation sites (N-methyl/N-ethyl adjacent to an activating group) is 1. The van der Waals surface area contributed by atoms with Crippen molar-refractivity contribution < 1.29 is 0 Å². The van der Waals surface area contributed by atoms with Gasteiger partial charge in [0.1, 0.15) is 17.5 Å². The standard InChI is InChI=1S/C20H24N6/c1-3-25-10-12-26(13-11-25)19-14-18(22-15(2)23-19)24-17-8-4-6-16-7-5-9-21-20(16)17/h4-9,14H,3,10-13H2,1-2H3,(H,22,23,24). The second-order valence-corrected chi connectivity index (χ2v) is 6.59. The van der Waals surface area contributed by atoms with Gasteiger partial charge in [0, 0.05) is 43.8 Å². The van der Waals surface area contributed by atoms with E-state index in [0.717, 1.165) is 66.8 Å². The van der Waals surface area contributed by atoms with E-state index in [2.05, 4.69) is 49.1 Å². The number of nitrogens with zero attached hydrogens (tertiary/aromatic N) is 5. The molecule has 6 nitrogen and oxygen atoms in total. The lowest BCUT2D eigenvalue weighted by molar-refractivity contribution is 0.270. The van der Waals surface area contributed by atoms with Crippen LogP contribution >= 0.6 is 0 Å². The van der Waals surface area contributed by atoms with E-state index in [4.69, 9.17) is 0 Å². The Morgan fingerprint density at radius 3 is 2.65 bits per heavy atom. The van der Waals surface area contributed by atoms with Crippen molar-refractivity contribution in [2.24, 2.45) is 0 Å². The average Bonchev–Trinajstić information content (AvgIpc) is 2.68. The summed E-state index contributed by atoms with van der Waals surface area (Å²) in [5.41, 5.74) is 1.91. The van der Waals surface area contributed by atoms with Crippen LogP contribution in [-0.4, -0.2) is 52.6 Å². The zero-order valence-corrected chi connectivity index (χ0v) is 15.3. The first-order chi connectivity index (χ1) is 12.7. The summed E-state index contributed by atoms with van der Waals surface area (Å²) in [6, 6.07) is 12.2. The van der Waals surface area contributed by atoms with Crippen molar-refractivity contribution in [2.75, 3.05) is 42.9 Å². The molecule has 1 saturated heterocycles. The van der Waals surface area contributed by atoms with Crippen LogP contribution in [-0.2, 0) is 0 Å². The molecule has 4 rings (SSSR count). The smallest absolute Gasteiger partial charge is 0.136 e. The molecule has 3 aromatic rings. The fourth-order valence-electron chi connectivity index (χ4n) is 3.41. The highest BCUT2D eigenvalue weighted by Gasteiger charge is 2.18. The number of fused-ring (bicyclic) bond motifs is 1. The maximum Gasteiger partial charge on any atom is 0.136 e. The van der Waals surface area contributed by atoms with Crippen LogP contribution in [0.2, 0.25) is 0 Å². The SMILES string of the molecule is CCN1CCN(c2cc(Nc3cccc4cccnc34)nc(C)n2)CC1. The Hall–Kier alpha value is -2.73. The van der Waals surface area contributed by atoms with Crippen LogP contribution in [0.25, 0.3) is 10.9 Å². The van der Waals surface area contributed by atoms with Gasteiger partial charge < -0.3 is 15.1 Å². The number of piperazine rings is 1. The second kappa shape index (κ2) is 7.25. The third-order valence-electron chi connectivity index (χ3n) is 4.86. The van der Waals surface area contributed by atoms with E-state index in [-0.39, 0.29) is 0 Å². The van der Waals surface area contributed by atoms with Crippen molar-refractivity contribution in [3.8, 4) is 0 Å². The lowest BCUT2D eigenvalue weighted by atomic mass is 10.2. The summed E-state index contributed by atoms with van der Waals surface area (Å²) in [5.74, 6) is 2.57. The summed E-state index contributed by atoms with van der Waals surface area (Å²) in [7, 11) is 0. The lowest BCUT2D eigenvalue weighted by Crippen LogP contribution is -2.46. The molecule has 1 aromatic carbocycles. The topological polar surface area (TPSA) is 57.2 Å². The molecule has 0 amide bonds. The Bertz CT molecular complexity index is 896. The largest absolute Gasteiger partial charge is 0.354 e. The molecule has 1 N–H and O–H groups in total. The molecule has 1 aliphatic rings. The number of aryl methyl sites for hydroxylation is 1. The summed E-state index contributed by atoms with van der Waals surface area (Å²) in [4.78, 5) is 18.5. The Morgan fingerprint density at radius 2 is 1.85 bits per heavy atom. The molecule has 2 aromatic heterocycles. The van der Waals surface area contributed by atoms with E-state index < -0.39 is 0 Å². The van der Waals surface area contributed by atoms with Crippen molar-refractivity contribution in [1.82, 2.24) is 19.9 Å². The number of benzene rings is 1. The van der Waals surface area contributed by atoms with Crippen LogP contribution in [0.1, 0.15) is 12.7 Å². The quantitative estimate of drug-likeness (QED) is 0.781. The minimum Gasteiger partial charge on any atom is -0.354 e. The van der Waals surface area contributed by atoms with E-state index in [1.807, 2.05) is 37.4 Å². The number of para-hydroxylation sites is 1. The highest BCUT2D eigenvalue weighted by molar-refractivity contribution is 5.91. The number of hydrogen-bond acceptors (Lipinski definition) is 6. The third-order valence-corrected chi connectivity index (χ3v) is 4.86. The van der Waals surface area contributed by atoms with Gasteiger partial charge in [0.05, 0.1) is 11.2 Å². The first-order valence-electron chi connectivity index (χ1n) is 9.16. The van der Waals surface area contributed by atoms with Crippen LogP contribution in [0.4, 0.5) is 17.3 Å². The lowest BCUT2D eigenvalue weighted by Gasteiger charge is -2.34. The van der Waals surface area contributed by atoms with Crippen LogP contribution in [0.3, 0.4) is 0 Å². The average molecular weight is 348 g/mol. The molecule has 1 fully saturated rings. The molecule has 0 bridgehead atoms. The molecule has 0 saturated carbocycles. The van der Waals surface area contributed by atoms with Crippen molar-refractivity contribution in [1.29, 1.82) is 0 Å². The first kappa shape index (κ1) is 16.7. The minimum atomic E-state index is 0.774. The number of aromatic nitrogens is 3. The van der Waals surface area contributed by atoms with E-state index in [0.29, 0.717) is 0 Å². The molecule has 3 heterocycles. The fraction of sp³-hybridized carbons (Fsp3) is 0.350. The number of pyridine rings is 1. The number of nitrogens with one attached hydrogen (secondary N) is 1. The molecule has 0 aliphatic carbocycles. The Labute approximate surface area is 153 Å². The third kappa shape index (κ3) is 3.46. The van der Waals surface area contributed by atoms with Gasteiger partial charge in [-0.25, -0.2) is 9.97 Å². The van der Waals surface area contributed by atoms with Crippen molar-refractivity contribution in [2.45, 2.75) is 13.8 Å². The van der Waals surface area contributed by atoms with E-state index in [9.17, 15) is 0 Å². The van der Waals surface area contributed by atoms with Gasteiger partial charge in [-0.05, 0) is 25.6 Å². The van der Waals surface area contributed by atoms with E-state index >= 15 is 0 Å². The fourth-order valence-corrected chi connectivity index (χ4v) is 3.41. The van der Waals surface area contributed by atoms with Crippen molar-refractivity contribution in [3.63, 3.8) is 0 Å². The van der Waals surface area contributed by atoms with Crippen LogP contribution in [0, 0.1) is 6.92 Å². The van der Waals surface area contributed by atoms with Gasteiger partial charge in [-0.15, -0.1) is 0 Å². The summed E-state index contributed by atoms with van der Waals surface area (Å²) in [6.07, 6.45) is 1.82. The number of anilines is 3. The highest BCUT2D eigenvalue weighted by atomic mass is 15.3. The van der Waals surface area contributed by atoms with Crippen LogP contribution < -0.4 is 10.2 Å².